The molecule has 5 amide bonds. The Kier molecular flexibility index (Phi) is 158. The number of nitrogens with two attached hydrogens (primary N) is 1. The Morgan fingerprint density at radius 3 is 1.11 bits per heavy atom. The first kappa shape index (κ1) is 128. The fourth-order valence-electron chi connectivity index (χ4n) is 3.86. The molecule has 514 valence electrons. The molecule has 0 radical (unpaired) electrons. The van der Waals surface area contributed by atoms with Crippen LogP contribution in [0.15, 0.2) is 0 Å². The number of methoxy groups -OCH3 is 1. The summed E-state index contributed by atoms with van der Waals surface area (Å²) in [6.45, 7) is 4.07. The van der Waals surface area contributed by atoms with Crippen LogP contribution in [0.5, 0.6) is 0 Å². The maximum atomic E-state index is 11.0. The summed E-state index contributed by atoms with van der Waals surface area (Å²) in [4.78, 5) is 109. The van der Waals surface area contributed by atoms with Gasteiger partial charge < -0.3 is 84.8 Å². The van der Waals surface area contributed by atoms with Crippen molar-refractivity contribution in [3.8, 4) is 0 Å². The van der Waals surface area contributed by atoms with Gasteiger partial charge in [0.2, 0.25) is 32.1 Å². The van der Waals surface area contributed by atoms with Gasteiger partial charge in [-0.25, -0.2) is 18.0 Å². The summed E-state index contributed by atoms with van der Waals surface area (Å²) in [5.41, 5.74) is 5.19. The maximum Gasteiger partial charge on any atom is 1.00 e. The largest absolute Gasteiger partial charge is 1.00 e. The number of esters is 3. The van der Waals surface area contributed by atoms with E-state index in [1.807, 2.05) is 31.3 Å². The number of halogens is 1. The van der Waals surface area contributed by atoms with E-state index in [1.54, 1.807) is 65.7 Å². The van der Waals surface area contributed by atoms with Crippen molar-refractivity contribution in [2.24, 2.45) is 5.73 Å². The van der Waals surface area contributed by atoms with E-state index in [-0.39, 0.29) is 137 Å². The van der Waals surface area contributed by atoms with Crippen molar-refractivity contribution >= 4 is 176 Å². The summed E-state index contributed by atoms with van der Waals surface area (Å²) in [7, 11) is -6.06. The summed E-state index contributed by atoms with van der Waals surface area (Å²) in [5, 5.41) is 52.9. The predicted octanol–water partition coefficient (Wildman–Crippen LogP) is -7.25. The number of carboxylic acids is 2. The van der Waals surface area contributed by atoms with Crippen molar-refractivity contribution < 1.29 is 202 Å². The minimum absolute atomic E-state index is 0. The molecule has 0 saturated carbocycles. The van der Waals surface area contributed by atoms with Crippen LogP contribution in [0.25, 0.3) is 0 Å². The van der Waals surface area contributed by atoms with E-state index in [9.17, 15) is 60.9 Å². The van der Waals surface area contributed by atoms with Crippen molar-refractivity contribution in [2.45, 2.75) is 118 Å². The molecule has 0 saturated heterocycles. The van der Waals surface area contributed by atoms with Crippen molar-refractivity contribution in [3.05, 3.63) is 0 Å². The number of nitrogens with one attached hydrogen (secondary N) is 5. The Morgan fingerprint density at radius 2 is 0.864 bits per heavy atom. The molecule has 30 nitrogen and oxygen atoms in total. The molecule has 0 fully saturated rings. The predicted molar refractivity (Wildman–Crippen MR) is 347 cm³/mol. The fraction of sp³-hybridized carbons (Fsp3) is 0.761. The molecular formula is C46H98BrN6Na3O24S8. The molecule has 88 heavy (non-hydrogen) atoms. The normalized spacial score (nSPS) is 10.7. The fourth-order valence-corrected chi connectivity index (χ4v) is 8.12. The average molecular weight is 1520 g/mol. The number of aliphatic hydroxyl groups is 2. The number of hydrogen-bond donors (Lipinski definition) is 11. The number of ether oxygens (including phenoxy) is 2. The van der Waals surface area contributed by atoms with Crippen LogP contribution in [-0.4, -0.2) is 251 Å². The van der Waals surface area contributed by atoms with E-state index in [4.69, 9.17) is 49.0 Å². The Hall–Kier alpha value is -0.350. The van der Waals surface area contributed by atoms with Crippen LogP contribution in [0, 0.1) is 0 Å². The number of carbonyl (C=O) groups is 11. The smallest absolute Gasteiger partial charge is 0.917 e. The molecule has 0 aliphatic carbocycles. The van der Waals surface area contributed by atoms with Crippen molar-refractivity contribution in [2.75, 3.05) is 103 Å². The van der Waals surface area contributed by atoms with Crippen LogP contribution in [-0.2, 0) is 91.7 Å². The van der Waals surface area contributed by atoms with E-state index in [2.05, 4.69) is 58.2 Å². The number of aliphatic carboxylic acids is 2. The maximum absolute atomic E-state index is 11.0. The zero-order valence-electron chi connectivity index (χ0n) is 50.5. The van der Waals surface area contributed by atoms with Crippen LogP contribution in [0.2, 0.25) is 0 Å². The van der Waals surface area contributed by atoms with Gasteiger partial charge in [0.25, 0.3) is 6.47 Å². The Bertz CT molecular complexity index is 1710. The summed E-state index contributed by atoms with van der Waals surface area (Å²) in [5.74, 6) is 1.19. The van der Waals surface area contributed by atoms with Crippen LogP contribution in [0.1, 0.15) is 81.6 Å². The zero-order valence-corrected chi connectivity index (χ0v) is 64.6. The third-order valence-corrected chi connectivity index (χ3v) is 13.0. The van der Waals surface area contributed by atoms with E-state index in [0.717, 1.165) is 53.3 Å². The number of alkyl halides is 1. The Labute approximate surface area is 624 Å². The zero-order chi connectivity index (χ0) is 66.2. The number of thioether (sulfide) groups is 6. The van der Waals surface area contributed by atoms with Crippen molar-refractivity contribution in [1.82, 2.24) is 26.6 Å². The molecule has 0 spiro atoms. The summed E-state index contributed by atoms with van der Waals surface area (Å²) < 4.78 is 64.9. The first-order chi connectivity index (χ1) is 38.5. The number of carbonyl (C=O) groups excluding carboxylic acids is 8. The topological polar surface area (TPSA) is 508 Å². The second-order valence-corrected chi connectivity index (χ2v) is 22.3. The number of rotatable bonds is 35. The summed E-state index contributed by atoms with van der Waals surface area (Å²) in [6, 6.07) is -2.25. The Morgan fingerprint density at radius 1 is 0.591 bits per heavy atom. The molecule has 6 atom stereocenters. The van der Waals surface area contributed by atoms with Gasteiger partial charge in [0, 0.05) is 37.9 Å². The molecule has 12 N–H and O–H groups in total. The molecule has 0 aromatic heterocycles. The van der Waals surface area contributed by atoms with E-state index in [1.165, 1.54) is 32.7 Å². The third-order valence-electron chi connectivity index (χ3n) is 7.52. The molecule has 0 aromatic rings. The number of aliphatic hydroxyl groups excluding tert-OH is 2. The first-order valence-electron chi connectivity index (χ1n) is 23.0. The van der Waals surface area contributed by atoms with E-state index in [0.29, 0.717) is 63.1 Å². The van der Waals surface area contributed by atoms with Crippen LogP contribution < -0.4 is 121 Å². The third kappa shape index (κ3) is 142. The average Bonchev–Trinajstić information content (AvgIpc) is 3.40. The van der Waals surface area contributed by atoms with Gasteiger partial charge in [0.1, 0.15) is 18.1 Å². The van der Waals surface area contributed by atoms with E-state index >= 15 is 0 Å². The number of amides is 5. The quantitative estimate of drug-likeness (QED) is 0.00410. The molecule has 0 heterocycles. The molecule has 0 aliphatic heterocycles. The van der Waals surface area contributed by atoms with Gasteiger partial charge in [0.05, 0.1) is 35.6 Å². The van der Waals surface area contributed by atoms with Crippen molar-refractivity contribution in [1.29, 1.82) is 0 Å². The van der Waals surface area contributed by atoms with Crippen LogP contribution in [0.3, 0.4) is 0 Å². The minimum Gasteiger partial charge on any atom is -0.917 e. The molecule has 0 rings (SSSR count). The van der Waals surface area contributed by atoms with Crippen molar-refractivity contribution in [3.63, 3.8) is 0 Å². The van der Waals surface area contributed by atoms with Gasteiger partial charge >= 0.3 is 119 Å². The molecule has 0 bridgehead atoms. The number of hydrogen-bond acceptors (Lipinski definition) is 29. The van der Waals surface area contributed by atoms with Gasteiger partial charge in [-0.1, -0.05) is 38.2 Å². The van der Waals surface area contributed by atoms with Gasteiger partial charge in [-0.2, -0.15) is 81.6 Å². The van der Waals surface area contributed by atoms with Gasteiger partial charge in [0.15, 0.2) is 0 Å². The second-order valence-electron chi connectivity index (χ2n) is 13.9. The molecule has 0 aromatic carbocycles. The molecule has 0 aliphatic rings. The van der Waals surface area contributed by atoms with E-state index < -0.39 is 80.9 Å². The second kappa shape index (κ2) is 108. The van der Waals surface area contributed by atoms with Gasteiger partial charge in [-0.15, -0.1) is 0 Å². The Balaban J connectivity index is -0.0000000475. The first-order valence-corrected chi connectivity index (χ1v) is 35.1. The molecule has 42 heteroatoms. The summed E-state index contributed by atoms with van der Waals surface area (Å²) >= 11 is 13.1. The SMILES string of the molecule is C.C.C.CC(=O)OC(C)=O.CCO.COC(=O)[C@H](CCSC)NC=O.CSCC[C@@H](CBr)NC=O.CSCC[C@@H](CO)NC=O.CSCC[C@@H](CS(=O)(=O)[O-])NC=O.CSCC[C@H](N)C(=O)O.CSCC[C@H](NC=O)C(=O)O.O=CO.O=[S-](=O)[O-].[Na+].[Na+].[Na+]. The van der Waals surface area contributed by atoms with Crippen LogP contribution in [0.4, 0.5) is 0 Å². The molecular weight excluding hydrogens is 1430 g/mol. The molecule has 0 unspecified atom stereocenters. The van der Waals surface area contributed by atoms with Crippen LogP contribution >= 0.6 is 86.5 Å². The number of carboxylic acid groups (broad SMARTS) is 3. The standard InChI is InChI=1S/C7H13NO3S.C6H12BrNOS.C6H13NO4S2.C6H11NO3S.C6H13NO2S.C5H11NO2S.C4H6O3.C2H6O.CH2O2.3CH4.3Na.O3S/c1-11-7(10)6(8-5-9)3-4-12-2;1-10-3-2-6(4-7)8-5-9;1-12-3-2-6(7-5-8)4-13(9,10)11;1-11-3-2-5(6(9)10)7-4-8;1-10-3-2-6(4-8)7-5-9;1-9-3-2-4(6)5(7)8;1-3(5)7-4(2)6;1-2-3;2-1-3;;;;;;;1-4(2)3/h5-6H,3-4H2,1-2H3,(H,8,9);5-6H,2-4H2,1H3,(H,8,9);5-6H,2-4H2,1H3,(H,7,8)(H,9,10,11);4-5H,2-3H2,1H3,(H,7,8)(H,9,10);5-6,8H,2-4H2,1H3,(H,7,9);4H,2-3,6H2,1H3,(H,7,8);1-2H3;3H,2H2,1H3;1H,(H,2,3);3*1H4;;;;/q;;;;;;;;;;;;3*+1;-2/p-1/t3*6-;5-;6-;4-;;;;;;;;;;/m000000........../s1. The van der Waals surface area contributed by atoms with Gasteiger partial charge in [-0.3, -0.25) is 43.2 Å². The monoisotopic (exact) mass is 1520 g/mol. The van der Waals surface area contributed by atoms with Gasteiger partial charge in [-0.05, 0) is 118 Å². The summed E-state index contributed by atoms with van der Waals surface area (Å²) in [6.07, 6.45) is 18.4. The minimum atomic E-state index is -4.26.